The molecule has 114 valence electrons. The zero-order valence-electron chi connectivity index (χ0n) is 12.3. The molecule has 0 fully saturated rings. The lowest BCUT2D eigenvalue weighted by Crippen LogP contribution is -2.22. The summed E-state index contributed by atoms with van der Waals surface area (Å²) in [5.74, 6) is -0.441. The molecule has 0 saturated carbocycles. The van der Waals surface area contributed by atoms with Gasteiger partial charge in [-0.1, -0.05) is 18.2 Å². The average Bonchev–Trinajstić information content (AvgIpc) is 3.03. The number of rotatable bonds is 6. The molecule has 4 nitrogen and oxygen atoms in total. The number of hydrogen-bond donors (Lipinski definition) is 1. The summed E-state index contributed by atoms with van der Waals surface area (Å²) >= 11 is 1.37. The predicted octanol–water partition coefficient (Wildman–Crippen LogP) is 3.51. The summed E-state index contributed by atoms with van der Waals surface area (Å²) in [7, 11) is 0. The molecule has 5 heteroatoms. The Bertz CT molecular complexity index is 673. The Labute approximate surface area is 133 Å². The van der Waals surface area contributed by atoms with E-state index in [0.29, 0.717) is 23.6 Å². The number of hydrogen-bond acceptors (Lipinski definition) is 4. The first-order valence-corrected chi connectivity index (χ1v) is 7.74. The molecular formula is C17H17NO3S. The molecule has 0 spiro atoms. The molecule has 1 heterocycles. The van der Waals surface area contributed by atoms with E-state index in [2.05, 4.69) is 11.9 Å². The lowest BCUT2D eigenvalue weighted by atomic mass is 10.1. The summed E-state index contributed by atoms with van der Waals surface area (Å²) in [6.07, 6.45) is 1.63. The second-order valence-corrected chi connectivity index (χ2v) is 5.54. The highest BCUT2D eigenvalue weighted by Gasteiger charge is 2.11. The largest absolute Gasteiger partial charge is 0.462 e. The number of carbonyl (C=O) groups is 2. The van der Waals surface area contributed by atoms with E-state index in [1.165, 1.54) is 11.3 Å². The summed E-state index contributed by atoms with van der Waals surface area (Å²) in [5, 5.41) is 2.73. The fourth-order valence-corrected chi connectivity index (χ4v) is 2.76. The van der Waals surface area contributed by atoms with Crippen molar-refractivity contribution < 1.29 is 14.3 Å². The lowest BCUT2D eigenvalue weighted by molar-refractivity contribution is 0.0532. The highest BCUT2D eigenvalue weighted by Crippen LogP contribution is 2.28. The van der Waals surface area contributed by atoms with Gasteiger partial charge in [-0.2, -0.15) is 0 Å². The van der Waals surface area contributed by atoms with Crippen molar-refractivity contribution in [3.05, 3.63) is 59.5 Å². The van der Waals surface area contributed by atoms with E-state index < -0.39 is 0 Å². The van der Waals surface area contributed by atoms with Crippen LogP contribution in [0.5, 0.6) is 0 Å². The van der Waals surface area contributed by atoms with E-state index in [-0.39, 0.29) is 11.9 Å². The summed E-state index contributed by atoms with van der Waals surface area (Å²) in [6, 6.07) is 10.9. The Balaban J connectivity index is 2.12. The van der Waals surface area contributed by atoms with E-state index in [1.807, 2.05) is 18.2 Å². The number of thiophene rings is 1. The number of amides is 1. The van der Waals surface area contributed by atoms with Gasteiger partial charge in [0.15, 0.2) is 0 Å². The van der Waals surface area contributed by atoms with Crippen LogP contribution in [0.15, 0.2) is 49.1 Å². The van der Waals surface area contributed by atoms with Gasteiger partial charge < -0.3 is 10.1 Å². The van der Waals surface area contributed by atoms with Crippen LogP contribution in [0, 0.1) is 0 Å². The smallest absolute Gasteiger partial charge is 0.348 e. The third kappa shape index (κ3) is 3.83. The Hall–Kier alpha value is -2.40. The van der Waals surface area contributed by atoms with E-state index in [0.717, 1.165) is 10.4 Å². The van der Waals surface area contributed by atoms with Gasteiger partial charge in [0, 0.05) is 17.0 Å². The van der Waals surface area contributed by atoms with E-state index in [9.17, 15) is 9.59 Å². The Morgan fingerprint density at radius 1 is 1.23 bits per heavy atom. The minimum Gasteiger partial charge on any atom is -0.462 e. The van der Waals surface area contributed by atoms with Crippen LogP contribution in [0.4, 0.5) is 0 Å². The van der Waals surface area contributed by atoms with Crippen molar-refractivity contribution in [3.63, 3.8) is 0 Å². The molecule has 0 radical (unpaired) electrons. The molecule has 0 unspecified atom stereocenters. The molecule has 1 amide bonds. The second kappa shape index (κ2) is 7.56. The standard InChI is InChI=1S/C17H17NO3S/c1-3-11-18-16(19)13-7-5-12(6-8-13)14-9-10-15(22-14)17(20)21-4-2/h3,5-10H,1,4,11H2,2H3,(H,18,19). The first kappa shape index (κ1) is 16.0. The predicted molar refractivity (Wildman–Crippen MR) is 88.2 cm³/mol. The van der Waals surface area contributed by atoms with Crippen molar-refractivity contribution in [1.82, 2.24) is 5.32 Å². The van der Waals surface area contributed by atoms with Gasteiger partial charge in [0.1, 0.15) is 4.88 Å². The van der Waals surface area contributed by atoms with Crippen molar-refractivity contribution >= 4 is 23.2 Å². The summed E-state index contributed by atoms with van der Waals surface area (Å²) < 4.78 is 4.98. The minimum atomic E-state index is -0.306. The fraction of sp³-hybridized carbons (Fsp3) is 0.176. The van der Waals surface area contributed by atoms with Crippen molar-refractivity contribution in [2.24, 2.45) is 0 Å². The Kier molecular flexibility index (Phi) is 5.49. The third-order valence-electron chi connectivity index (χ3n) is 2.92. The van der Waals surface area contributed by atoms with Gasteiger partial charge in [-0.3, -0.25) is 4.79 Å². The van der Waals surface area contributed by atoms with Crippen LogP contribution < -0.4 is 5.32 Å². The monoisotopic (exact) mass is 315 g/mol. The molecule has 1 aromatic heterocycles. The summed E-state index contributed by atoms with van der Waals surface area (Å²) in [5.41, 5.74) is 1.55. The van der Waals surface area contributed by atoms with E-state index in [1.54, 1.807) is 31.2 Å². The summed E-state index contributed by atoms with van der Waals surface area (Å²) in [4.78, 5) is 25.0. The van der Waals surface area contributed by atoms with Gasteiger partial charge in [-0.25, -0.2) is 4.79 Å². The zero-order valence-corrected chi connectivity index (χ0v) is 13.1. The van der Waals surface area contributed by atoms with Gasteiger partial charge in [0.2, 0.25) is 0 Å². The second-order valence-electron chi connectivity index (χ2n) is 4.46. The van der Waals surface area contributed by atoms with Gasteiger partial charge in [-0.05, 0) is 36.8 Å². The maximum atomic E-state index is 11.8. The van der Waals surface area contributed by atoms with Gasteiger partial charge >= 0.3 is 5.97 Å². The van der Waals surface area contributed by atoms with Crippen LogP contribution in [-0.2, 0) is 4.74 Å². The highest BCUT2D eigenvalue weighted by molar-refractivity contribution is 7.17. The number of carbonyl (C=O) groups excluding carboxylic acids is 2. The third-order valence-corrected chi connectivity index (χ3v) is 4.04. The fourth-order valence-electron chi connectivity index (χ4n) is 1.86. The highest BCUT2D eigenvalue weighted by atomic mass is 32.1. The van der Waals surface area contributed by atoms with Crippen LogP contribution in [0.25, 0.3) is 10.4 Å². The maximum Gasteiger partial charge on any atom is 0.348 e. The van der Waals surface area contributed by atoms with Crippen molar-refractivity contribution in [1.29, 1.82) is 0 Å². The van der Waals surface area contributed by atoms with Gasteiger partial charge in [0.05, 0.1) is 6.61 Å². The van der Waals surface area contributed by atoms with Crippen molar-refractivity contribution in [3.8, 4) is 10.4 Å². The molecule has 2 aromatic rings. The van der Waals surface area contributed by atoms with Crippen LogP contribution in [0.1, 0.15) is 27.0 Å². The Morgan fingerprint density at radius 2 is 1.95 bits per heavy atom. The number of ether oxygens (including phenoxy) is 1. The Morgan fingerprint density at radius 3 is 2.59 bits per heavy atom. The first-order chi connectivity index (χ1) is 10.7. The van der Waals surface area contributed by atoms with Crippen LogP contribution in [-0.4, -0.2) is 25.0 Å². The summed E-state index contributed by atoms with van der Waals surface area (Å²) in [6.45, 7) is 6.14. The lowest BCUT2D eigenvalue weighted by Gasteiger charge is -2.03. The van der Waals surface area contributed by atoms with Crippen LogP contribution >= 0.6 is 11.3 Å². The first-order valence-electron chi connectivity index (χ1n) is 6.92. The zero-order chi connectivity index (χ0) is 15.9. The molecular weight excluding hydrogens is 298 g/mol. The van der Waals surface area contributed by atoms with Crippen LogP contribution in [0.3, 0.4) is 0 Å². The molecule has 0 atom stereocenters. The molecule has 1 N–H and O–H groups in total. The van der Waals surface area contributed by atoms with Crippen molar-refractivity contribution in [2.75, 3.05) is 13.2 Å². The topological polar surface area (TPSA) is 55.4 Å². The molecule has 0 bridgehead atoms. The molecule has 22 heavy (non-hydrogen) atoms. The molecule has 0 aliphatic heterocycles. The minimum absolute atomic E-state index is 0.134. The van der Waals surface area contributed by atoms with Crippen LogP contribution in [0.2, 0.25) is 0 Å². The molecule has 0 aliphatic carbocycles. The number of nitrogens with one attached hydrogen (secondary N) is 1. The molecule has 2 rings (SSSR count). The van der Waals surface area contributed by atoms with Gasteiger partial charge in [-0.15, -0.1) is 17.9 Å². The molecule has 0 saturated heterocycles. The van der Waals surface area contributed by atoms with Crippen molar-refractivity contribution in [2.45, 2.75) is 6.92 Å². The quantitative estimate of drug-likeness (QED) is 0.655. The average molecular weight is 315 g/mol. The molecule has 0 aliphatic rings. The SMILES string of the molecule is C=CCNC(=O)c1ccc(-c2ccc(C(=O)OCC)s2)cc1. The molecule has 1 aromatic carbocycles. The van der Waals surface area contributed by atoms with E-state index in [4.69, 9.17) is 4.74 Å². The number of benzene rings is 1. The van der Waals surface area contributed by atoms with Gasteiger partial charge in [0.25, 0.3) is 5.91 Å². The normalized spacial score (nSPS) is 10.0. The maximum absolute atomic E-state index is 11.8. The van der Waals surface area contributed by atoms with E-state index >= 15 is 0 Å². The number of esters is 1.